The molecule has 0 fully saturated rings. The van der Waals surface area contributed by atoms with Gasteiger partial charge in [-0.05, 0) is 57.0 Å². The normalized spacial score (nSPS) is 13.0. The van der Waals surface area contributed by atoms with Gasteiger partial charge >= 0.3 is 0 Å². The maximum atomic E-state index is 13.5. The summed E-state index contributed by atoms with van der Waals surface area (Å²) < 4.78 is 31.3. The molecule has 8 nitrogen and oxygen atoms in total. The predicted molar refractivity (Wildman–Crippen MR) is 134 cm³/mol. The van der Waals surface area contributed by atoms with Gasteiger partial charge in [0, 0.05) is 12.6 Å². The molecular weight excluding hydrogens is 454 g/mol. The number of nitrogens with one attached hydrogen (secondary N) is 1. The van der Waals surface area contributed by atoms with Crippen molar-refractivity contribution in [1.82, 2.24) is 10.2 Å². The van der Waals surface area contributed by atoms with Crippen LogP contribution in [0, 0.1) is 6.92 Å². The van der Waals surface area contributed by atoms with Gasteiger partial charge in [-0.1, -0.05) is 36.8 Å². The van der Waals surface area contributed by atoms with Gasteiger partial charge in [0.15, 0.2) is 0 Å². The minimum atomic E-state index is -3.77. The smallest absolute Gasteiger partial charge is 0.244 e. The van der Waals surface area contributed by atoms with E-state index in [1.54, 1.807) is 31.2 Å². The van der Waals surface area contributed by atoms with Crippen LogP contribution in [0.2, 0.25) is 0 Å². The van der Waals surface area contributed by atoms with E-state index in [-0.39, 0.29) is 18.5 Å². The summed E-state index contributed by atoms with van der Waals surface area (Å²) in [6, 6.07) is 13.2. The fraction of sp³-hybridized carbons (Fsp3) is 0.440. The average Bonchev–Trinajstić information content (AvgIpc) is 2.79. The number of aryl methyl sites for hydroxylation is 1. The van der Waals surface area contributed by atoms with Gasteiger partial charge in [-0.3, -0.25) is 13.9 Å². The summed E-state index contributed by atoms with van der Waals surface area (Å²) in [6.45, 7) is 7.21. The van der Waals surface area contributed by atoms with Crippen molar-refractivity contribution in [2.75, 3.05) is 24.2 Å². The number of hydrogen-bond acceptors (Lipinski definition) is 5. The number of nitrogens with zero attached hydrogens (tertiary/aromatic N) is 2. The first-order chi connectivity index (χ1) is 16.0. The van der Waals surface area contributed by atoms with Crippen LogP contribution < -0.4 is 14.4 Å². The molecule has 0 aliphatic heterocycles. The van der Waals surface area contributed by atoms with Crippen molar-refractivity contribution in [2.24, 2.45) is 0 Å². The summed E-state index contributed by atoms with van der Waals surface area (Å²) >= 11 is 0. The third-order valence-corrected chi connectivity index (χ3v) is 6.78. The van der Waals surface area contributed by atoms with Crippen molar-refractivity contribution in [2.45, 2.75) is 52.7 Å². The molecule has 2 atom stereocenters. The maximum Gasteiger partial charge on any atom is 0.244 e. The molecular formula is C25H35N3O5S. The number of anilines is 1. The summed E-state index contributed by atoms with van der Waals surface area (Å²) in [5.74, 6) is -0.194. The largest absolute Gasteiger partial charge is 0.497 e. The number of ether oxygens (including phenoxy) is 1. The highest BCUT2D eigenvalue weighted by molar-refractivity contribution is 7.92. The Morgan fingerprint density at radius 3 is 2.26 bits per heavy atom. The van der Waals surface area contributed by atoms with E-state index in [0.29, 0.717) is 11.4 Å². The monoisotopic (exact) mass is 489 g/mol. The number of carbonyl (C=O) groups excluding carboxylic acids is 2. The summed E-state index contributed by atoms with van der Waals surface area (Å²) in [6.07, 6.45) is 1.80. The Kier molecular flexibility index (Phi) is 9.49. The Morgan fingerprint density at radius 1 is 1.09 bits per heavy atom. The Morgan fingerprint density at radius 2 is 1.74 bits per heavy atom. The minimum absolute atomic E-state index is 0.0438. The van der Waals surface area contributed by atoms with Gasteiger partial charge in [-0.15, -0.1) is 0 Å². The number of rotatable bonds is 11. The van der Waals surface area contributed by atoms with Crippen LogP contribution in [-0.2, 0) is 26.2 Å². The lowest BCUT2D eigenvalue weighted by molar-refractivity contribution is -0.139. The zero-order chi connectivity index (χ0) is 25.5. The lowest BCUT2D eigenvalue weighted by Crippen LogP contribution is -2.52. The second kappa shape index (κ2) is 11.9. The standard InChI is InChI=1S/C25H35N3O5S/c1-7-19(3)26-25(30)20(4)27(16-21-10-8-9-18(2)15-21)24(29)17-28(34(6,31)32)22-11-13-23(33-5)14-12-22/h8-15,19-20H,7,16-17H2,1-6H3,(H,26,30)/t19-,20+/m0/s1. The number of benzene rings is 2. The fourth-order valence-electron chi connectivity index (χ4n) is 3.42. The molecule has 34 heavy (non-hydrogen) atoms. The van der Waals surface area contributed by atoms with Gasteiger partial charge in [-0.2, -0.15) is 0 Å². The molecule has 1 N–H and O–H groups in total. The molecule has 0 unspecified atom stereocenters. The van der Waals surface area contributed by atoms with Crippen LogP contribution in [0.4, 0.5) is 5.69 Å². The van der Waals surface area contributed by atoms with E-state index >= 15 is 0 Å². The van der Waals surface area contributed by atoms with Gasteiger partial charge in [0.05, 0.1) is 19.1 Å². The molecule has 9 heteroatoms. The Balaban J connectivity index is 2.37. The van der Waals surface area contributed by atoms with Gasteiger partial charge in [0.1, 0.15) is 18.3 Å². The molecule has 0 bridgehead atoms. The van der Waals surface area contributed by atoms with Crippen LogP contribution >= 0.6 is 0 Å². The third kappa shape index (κ3) is 7.48. The van der Waals surface area contributed by atoms with E-state index in [1.807, 2.05) is 45.0 Å². The molecule has 0 aromatic heterocycles. The predicted octanol–water partition coefficient (Wildman–Crippen LogP) is 3.10. The minimum Gasteiger partial charge on any atom is -0.497 e. The number of amides is 2. The topological polar surface area (TPSA) is 96.0 Å². The van der Waals surface area contributed by atoms with Crippen LogP contribution in [0.1, 0.15) is 38.3 Å². The SMILES string of the molecule is CC[C@H](C)NC(=O)[C@@H](C)N(Cc1cccc(C)c1)C(=O)CN(c1ccc(OC)cc1)S(C)(=O)=O. The maximum absolute atomic E-state index is 13.5. The Bertz CT molecular complexity index is 1090. The van der Waals surface area contributed by atoms with E-state index in [0.717, 1.165) is 28.1 Å². The van der Waals surface area contributed by atoms with Crippen LogP contribution in [-0.4, -0.2) is 57.1 Å². The molecule has 2 amide bonds. The molecule has 0 aliphatic carbocycles. The molecule has 2 aromatic rings. The molecule has 0 radical (unpaired) electrons. The highest BCUT2D eigenvalue weighted by atomic mass is 32.2. The van der Waals surface area contributed by atoms with Crippen molar-refractivity contribution in [3.63, 3.8) is 0 Å². The number of methoxy groups -OCH3 is 1. The first-order valence-electron chi connectivity index (χ1n) is 11.2. The molecule has 0 saturated carbocycles. The van der Waals surface area contributed by atoms with Gasteiger partial charge < -0.3 is 15.0 Å². The van der Waals surface area contributed by atoms with Crippen molar-refractivity contribution in [3.05, 3.63) is 59.7 Å². The second-order valence-corrected chi connectivity index (χ2v) is 10.4. The fourth-order valence-corrected chi connectivity index (χ4v) is 4.27. The molecule has 0 heterocycles. The average molecular weight is 490 g/mol. The zero-order valence-corrected chi connectivity index (χ0v) is 21.6. The lowest BCUT2D eigenvalue weighted by Gasteiger charge is -2.32. The van der Waals surface area contributed by atoms with Crippen molar-refractivity contribution in [1.29, 1.82) is 0 Å². The van der Waals surface area contributed by atoms with Gasteiger partial charge in [0.25, 0.3) is 0 Å². The van der Waals surface area contributed by atoms with Crippen LogP contribution in [0.25, 0.3) is 0 Å². The summed E-state index contributed by atoms with van der Waals surface area (Å²) in [7, 11) is -2.25. The van der Waals surface area contributed by atoms with E-state index < -0.39 is 28.5 Å². The first-order valence-corrected chi connectivity index (χ1v) is 13.1. The molecule has 2 aromatic carbocycles. The van der Waals surface area contributed by atoms with Crippen molar-refractivity contribution < 1.29 is 22.7 Å². The quantitative estimate of drug-likeness (QED) is 0.523. The van der Waals surface area contributed by atoms with E-state index in [1.165, 1.54) is 12.0 Å². The van der Waals surface area contributed by atoms with Gasteiger partial charge in [0.2, 0.25) is 21.8 Å². The second-order valence-electron chi connectivity index (χ2n) is 8.47. The Labute approximate surface area is 202 Å². The van der Waals surface area contributed by atoms with Crippen molar-refractivity contribution >= 4 is 27.5 Å². The van der Waals surface area contributed by atoms with Crippen LogP contribution in [0.15, 0.2) is 48.5 Å². The van der Waals surface area contributed by atoms with E-state index in [4.69, 9.17) is 4.74 Å². The van der Waals surface area contributed by atoms with Crippen LogP contribution in [0.5, 0.6) is 5.75 Å². The summed E-state index contributed by atoms with van der Waals surface area (Å²) in [5, 5.41) is 2.91. The molecule has 0 spiro atoms. The third-order valence-electron chi connectivity index (χ3n) is 5.64. The highest BCUT2D eigenvalue weighted by Gasteiger charge is 2.30. The number of hydrogen-bond donors (Lipinski definition) is 1. The number of carbonyl (C=O) groups is 2. The highest BCUT2D eigenvalue weighted by Crippen LogP contribution is 2.22. The van der Waals surface area contributed by atoms with Crippen LogP contribution in [0.3, 0.4) is 0 Å². The zero-order valence-electron chi connectivity index (χ0n) is 20.7. The van der Waals surface area contributed by atoms with Gasteiger partial charge in [-0.25, -0.2) is 8.42 Å². The Hall–Kier alpha value is -3.07. The molecule has 0 saturated heterocycles. The first kappa shape index (κ1) is 27.2. The van der Waals surface area contributed by atoms with Crippen molar-refractivity contribution in [3.8, 4) is 5.75 Å². The summed E-state index contributed by atoms with van der Waals surface area (Å²) in [4.78, 5) is 27.8. The lowest BCUT2D eigenvalue weighted by atomic mass is 10.1. The molecule has 186 valence electrons. The van der Waals surface area contributed by atoms with E-state index in [2.05, 4.69) is 5.32 Å². The van der Waals surface area contributed by atoms with E-state index in [9.17, 15) is 18.0 Å². The number of sulfonamides is 1. The summed E-state index contributed by atoms with van der Waals surface area (Å²) in [5.41, 5.74) is 2.22. The molecule has 0 aliphatic rings. The molecule has 2 rings (SSSR count).